The molecule has 0 saturated carbocycles. The fourth-order valence-corrected chi connectivity index (χ4v) is 2.73. The lowest BCUT2D eigenvalue weighted by Gasteiger charge is -2.01. The smallest absolute Gasteiger partial charge is 0.235 e. The van der Waals surface area contributed by atoms with Crippen molar-refractivity contribution < 1.29 is 4.79 Å². The minimum Gasteiger partial charge on any atom is -0.316 e. The maximum Gasteiger partial charge on any atom is 0.235 e. The lowest BCUT2D eigenvalue weighted by molar-refractivity contribution is -0.113. The van der Waals surface area contributed by atoms with Gasteiger partial charge in [-0.1, -0.05) is 25.6 Å². The summed E-state index contributed by atoms with van der Waals surface area (Å²) in [5.41, 5.74) is 0.480. The third-order valence-electron chi connectivity index (χ3n) is 2.40. The quantitative estimate of drug-likeness (QED) is 0.828. The van der Waals surface area contributed by atoms with Crippen LogP contribution in [0.15, 0.2) is 16.6 Å². The van der Waals surface area contributed by atoms with Crippen molar-refractivity contribution in [3.8, 4) is 6.07 Å². The molecule has 20 heavy (non-hydrogen) atoms. The molecule has 0 saturated heterocycles. The molecule has 2 aromatic heterocycles. The Morgan fingerprint density at radius 1 is 1.65 bits per heavy atom. The van der Waals surface area contributed by atoms with Crippen molar-refractivity contribution in [2.24, 2.45) is 0 Å². The van der Waals surface area contributed by atoms with Crippen molar-refractivity contribution in [3.05, 3.63) is 22.8 Å². The molecule has 0 fully saturated rings. The Hall–Kier alpha value is -1.85. The second kappa shape index (κ2) is 6.54. The first-order valence-corrected chi connectivity index (χ1v) is 7.79. The second-order valence-electron chi connectivity index (χ2n) is 4.27. The maximum atomic E-state index is 11.8. The number of nitriles is 1. The van der Waals surface area contributed by atoms with Gasteiger partial charge in [0.15, 0.2) is 0 Å². The third-order valence-corrected chi connectivity index (χ3v) is 4.08. The Kier molecular flexibility index (Phi) is 4.76. The summed E-state index contributed by atoms with van der Waals surface area (Å²) in [5, 5.41) is 21.3. The molecule has 0 aliphatic heterocycles. The molecular formula is C12H13N5OS2. The van der Waals surface area contributed by atoms with Gasteiger partial charge in [0.1, 0.15) is 16.9 Å². The molecule has 0 aliphatic carbocycles. The molecule has 0 atom stereocenters. The van der Waals surface area contributed by atoms with Crippen molar-refractivity contribution >= 4 is 34.0 Å². The summed E-state index contributed by atoms with van der Waals surface area (Å²) in [6, 6.07) is 3.71. The highest BCUT2D eigenvalue weighted by Gasteiger charge is 2.11. The van der Waals surface area contributed by atoms with Crippen molar-refractivity contribution in [1.82, 2.24) is 15.2 Å². The van der Waals surface area contributed by atoms with Gasteiger partial charge in [0.05, 0.1) is 11.3 Å². The molecular weight excluding hydrogens is 294 g/mol. The van der Waals surface area contributed by atoms with E-state index in [0.29, 0.717) is 15.7 Å². The standard InChI is InChI=1S/C12H13N5OS2/c1-7(2)10-15-12(17-16-10)20-6-9(18)14-11-8(5-13)3-4-19-11/h3-4,7H,6H2,1-2H3,(H,14,18)(H,15,16,17). The second-order valence-corrected chi connectivity index (χ2v) is 6.13. The Morgan fingerprint density at radius 3 is 3.10 bits per heavy atom. The van der Waals surface area contributed by atoms with Gasteiger partial charge in [0, 0.05) is 5.92 Å². The summed E-state index contributed by atoms with van der Waals surface area (Å²) < 4.78 is 0. The first kappa shape index (κ1) is 14.6. The summed E-state index contributed by atoms with van der Waals surface area (Å²) in [7, 11) is 0. The SMILES string of the molecule is CC(C)c1nc(SCC(=O)Nc2sccc2C#N)n[nH]1. The normalized spacial score (nSPS) is 10.5. The molecule has 0 aliphatic rings. The van der Waals surface area contributed by atoms with Crippen LogP contribution in [0, 0.1) is 11.3 Å². The van der Waals surface area contributed by atoms with E-state index >= 15 is 0 Å². The van der Waals surface area contributed by atoms with E-state index in [1.807, 2.05) is 19.9 Å². The van der Waals surface area contributed by atoms with Crippen LogP contribution < -0.4 is 5.32 Å². The zero-order chi connectivity index (χ0) is 14.5. The van der Waals surface area contributed by atoms with Gasteiger partial charge >= 0.3 is 0 Å². The van der Waals surface area contributed by atoms with E-state index in [2.05, 4.69) is 20.5 Å². The number of H-pyrrole nitrogens is 1. The lowest BCUT2D eigenvalue weighted by Crippen LogP contribution is -2.13. The van der Waals surface area contributed by atoms with Crippen molar-refractivity contribution in [2.75, 3.05) is 11.1 Å². The molecule has 0 bridgehead atoms. The van der Waals surface area contributed by atoms with Crippen LogP contribution in [-0.4, -0.2) is 26.8 Å². The third kappa shape index (κ3) is 3.59. The molecule has 2 rings (SSSR count). The molecule has 1 amide bonds. The van der Waals surface area contributed by atoms with E-state index in [4.69, 9.17) is 5.26 Å². The number of thioether (sulfide) groups is 1. The summed E-state index contributed by atoms with van der Waals surface area (Å²) >= 11 is 2.59. The van der Waals surface area contributed by atoms with E-state index in [9.17, 15) is 4.79 Å². The molecule has 6 nitrogen and oxygen atoms in total. The van der Waals surface area contributed by atoms with Gasteiger partial charge in [-0.2, -0.15) is 5.26 Å². The topological polar surface area (TPSA) is 94.5 Å². The fraction of sp³-hybridized carbons (Fsp3) is 0.333. The Balaban J connectivity index is 1.87. The molecule has 8 heteroatoms. The van der Waals surface area contributed by atoms with Crippen molar-refractivity contribution in [2.45, 2.75) is 24.9 Å². The fourth-order valence-electron chi connectivity index (χ4n) is 1.37. The minimum atomic E-state index is -0.176. The van der Waals surface area contributed by atoms with Crippen LogP contribution >= 0.6 is 23.1 Å². The number of rotatable bonds is 5. The predicted octanol–water partition coefficient (Wildman–Crippen LogP) is 2.59. The maximum absolute atomic E-state index is 11.8. The number of aromatic amines is 1. The number of carbonyl (C=O) groups is 1. The largest absolute Gasteiger partial charge is 0.316 e. The number of aromatic nitrogens is 3. The van der Waals surface area contributed by atoms with E-state index in [0.717, 1.165) is 5.82 Å². The Bertz CT molecular complexity index is 640. The van der Waals surface area contributed by atoms with Crippen LogP contribution in [0.25, 0.3) is 0 Å². The molecule has 0 aromatic carbocycles. The van der Waals surface area contributed by atoms with Crippen LogP contribution in [0.4, 0.5) is 5.00 Å². The molecule has 0 radical (unpaired) electrons. The summed E-state index contributed by atoms with van der Waals surface area (Å²) in [6.45, 7) is 4.03. The summed E-state index contributed by atoms with van der Waals surface area (Å²) in [4.78, 5) is 16.1. The predicted molar refractivity (Wildman–Crippen MR) is 78.9 cm³/mol. The van der Waals surface area contributed by atoms with E-state index in [1.165, 1.54) is 23.1 Å². The van der Waals surface area contributed by atoms with Crippen LogP contribution in [-0.2, 0) is 4.79 Å². The number of hydrogen-bond acceptors (Lipinski definition) is 6. The zero-order valence-electron chi connectivity index (χ0n) is 11.0. The van der Waals surface area contributed by atoms with Crippen LogP contribution in [0.1, 0.15) is 31.2 Å². The minimum absolute atomic E-state index is 0.176. The molecule has 2 aromatic rings. The van der Waals surface area contributed by atoms with E-state index in [1.54, 1.807) is 11.4 Å². The van der Waals surface area contributed by atoms with Gasteiger partial charge in [-0.25, -0.2) is 4.98 Å². The monoisotopic (exact) mass is 307 g/mol. The first-order valence-electron chi connectivity index (χ1n) is 5.92. The molecule has 2 heterocycles. The van der Waals surface area contributed by atoms with Gasteiger partial charge in [-0.05, 0) is 11.4 Å². The number of hydrogen-bond donors (Lipinski definition) is 2. The van der Waals surface area contributed by atoms with Gasteiger partial charge in [-0.3, -0.25) is 9.89 Å². The van der Waals surface area contributed by atoms with Crippen molar-refractivity contribution in [3.63, 3.8) is 0 Å². The molecule has 2 N–H and O–H groups in total. The number of nitrogens with one attached hydrogen (secondary N) is 2. The molecule has 104 valence electrons. The number of anilines is 1. The zero-order valence-corrected chi connectivity index (χ0v) is 12.6. The van der Waals surface area contributed by atoms with Gasteiger partial charge in [-0.15, -0.1) is 16.4 Å². The van der Waals surface area contributed by atoms with Gasteiger partial charge in [0.2, 0.25) is 11.1 Å². The van der Waals surface area contributed by atoms with E-state index in [-0.39, 0.29) is 17.6 Å². The summed E-state index contributed by atoms with van der Waals surface area (Å²) in [5.74, 6) is 1.11. The highest BCUT2D eigenvalue weighted by Crippen LogP contribution is 2.23. The highest BCUT2D eigenvalue weighted by molar-refractivity contribution is 7.99. The Labute approximate surface area is 124 Å². The Morgan fingerprint density at radius 2 is 2.45 bits per heavy atom. The average molecular weight is 307 g/mol. The lowest BCUT2D eigenvalue weighted by atomic mass is 10.2. The number of carbonyl (C=O) groups excluding carboxylic acids is 1. The molecule has 0 unspecified atom stereocenters. The van der Waals surface area contributed by atoms with Gasteiger partial charge in [0.25, 0.3) is 0 Å². The van der Waals surface area contributed by atoms with Crippen LogP contribution in [0.3, 0.4) is 0 Å². The van der Waals surface area contributed by atoms with Crippen LogP contribution in [0.5, 0.6) is 0 Å². The summed E-state index contributed by atoms with van der Waals surface area (Å²) in [6.07, 6.45) is 0. The van der Waals surface area contributed by atoms with Crippen LogP contribution in [0.2, 0.25) is 0 Å². The van der Waals surface area contributed by atoms with Gasteiger partial charge < -0.3 is 5.32 Å². The first-order chi connectivity index (χ1) is 9.60. The molecule has 0 spiro atoms. The number of thiophene rings is 1. The van der Waals surface area contributed by atoms with E-state index < -0.39 is 0 Å². The number of nitrogens with zero attached hydrogens (tertiary/aromatic N) is 3. The average Bonchev–Trinajstić information content (AvgIpc) is 3.04. The highest BCUT2D eigenvalue weighted by atomic mass is 32.2. The number of amides is 1. The van der Waals surface area contributed by atoms with Crippen molar-refractivity contribution in [1.29, 1.82) is 5.26 Å².